The van der Waals surface area contributed by atoms with Crippen LogP contribution in [0.5, 0.6) is 0 Å². The number of hydrogen-bond acceptors (Lipinski definition) is 3. The van der Waals surface area contributed by atoms with Crippen LogP contribution in [0.4, 0.5) is 0 Å². The van der Waals surface area contributed by atoms with Crippen molar-refractivity contribution in [3.05, 3.63) is 35.9 Å². The van der Waals surface area contributed by atoms with Gasteiger partial charge in [-0.25, -0.2) is 0 Å². The molecule has 0 radical (unpaired) electrons. The molecule has 4 nitrogen and oxygen atoms in total. The Morgan fingerprint density at radius 2 is 1.76 bits per heavy atom. The quantitative estimate of drug-likeness (QED) is 0.890. The Labute approximate surface area is 127 Å². The van der Waals surface area contributed by atoms with E-state index < -0.39 is 0 Å². The third-order valence-corrected chi connectivity index (χ3v) is 4.42. The van der Waals surface area contributed by atoms with Crippen LogP contribution in [-0.2, 0) is 11.2 Å². The average molecular weight is 289 g/mol. The molecule has 2 unspecified atom stereocenters. The Balaban J connectivity index is 1.74. The Morgan fingerprint density at radius 1 is 1.14 bits per heavy atom. The fraction of sp³-hybridized carbons (Fsp3) is 0.588. The maximum Gasteiger partial charge on any atom is 0.227 e. The van der Waals surface area contributed by atoms with Crippen LogP contribution in [0.2, 0.25) is 0 Å². The van der Waals surface area contributed by atoms with E-state index in [0.717, 1.165) is 39.1 Å². The first-order valence-corrected chi connectivity index (χ1v) is 7.88. The summed E-state index contributed by atoms with van der Waals surface area (Å²) >= 11 is 0. The molecule has 0 saturated carbocycles. The van der Waals surface area contributed by atoms with E-state index >= 15 is 0 Å². The minimum Gasteiger partial charge on any atom is -0.340 e. The number of benzene rings is 1. The third-order valence-electron chi connectivity index (χ3n) is 4.42. The molecular formula is C17H27N3O. The van der Waals surface area contributed by atoms with Crippen LogP contribution >= 0.6 is 0 Å². The minimum atomic E-state index is -0.0825. The summed E-state index contributed by atoms with van der Waals surface area (Å²) in [5.41, 5.74) is 7.20. The van der Waals surface area contributed by atoms with Gasteiger partial charge >= 0.3 is 0 Å². The van der Waals surface area contributed by atoms with Crippen molar-refractivity contribution >= 4 is 5.91 Å². The second-order valence-corrected chi connectivity index (χ2v) is 6.05. The highest BCUT2D eigenvalue weighted by molar-refractivity contribution is 5.79. The fourth-order valence-corrected chi connectivity index (χ4v) is 2.64. The van der Waals surface area contributed by atoms with Crippen molar-refractivity contribution in [2.24, 2.45) is 11.7 Å². The van der Waals surface area contributed by atoms with Crippen LogP contribution in [0.3, 0.4) is 0 Å². The van der Waals surface area contributed by atoms with Gasteiger partial charge in [0.1, 0.15) is 0 Å². The van der Waals surface area contributed by atoms with E-state index in [9.17, 15) is 4.79 Å². The lowest BCUT2D eigenvalue weighted by Gasteiger charge is -2.36. The molecule has 0 spiro atoms. The summed E-state index contributed by atoms with van der Waals surface area (Å²) in [5.74, 6) is 0.119. The van der Waals surface area contributed by atoms with Crippen molar-refractivity contribution in [3.63, 3.8) is 0 Å². The van der Waals surface area contributed by atoms with Crippen molar-refractivity contribution in [3.8, 4) is 0 Å². The van der Waals surface area contributed by atoms with Gasteiger partial charge in [0.25, 0.3) is 0 Å². The van der Waals surface area contributed by atoms with Crippen molar-refractivity contribution in [2.45, 2.75) is 26.3 Å². The van der Waals surface area contributed by atoms with Crippen LogP contribution in [0.25, 0.3) is 0 Å². The number of amides is 1. The summed E-state index contributed by atoms with van der Waals surface area (Å²) < 4.78 is 0. The maximum absolute atomic E-state index is 12.3. The maximum atomic E-state index is 12.3. The molecule has 0 bridgehead atoms. The van der Waals surface area contributed by atoms with Gasteiger partial charge in [0.05, 0.1) is 5.92 Å². The normalized spacial score (nSPS) is 19.3. The summed E-state index contributed by atoms with van der Waals surface area (Å²) in [4.78, 5) is 16.7. The largest absolute Gasteiger partial charge is 0.340 e. The number of rotatable bonds is 5. The van der Waals surface area contributed by atoms with E-state index in [4.69, 9.17) is 5.73 Å². The monoisotopic (exact) mass is 289 g/mol. The standard InChI is InChI=1S/C17H27N3O/c1-14(15(2)18)17(21)20-12-10-19(11-13-20)9-8-16-6-4-3-5-7-16/h3-7,14-15H,8-13,18H2,1-2H3. The minimum absolute atomic E-state index is 0.0754. The Hall–Kier alpha value is -1.39. The smallest absolute Gasteiger partial charge is 0.227 e. The van der Waals surface area contributed by atoms with Crippen molar-refractivity contribution < 1.29 is 4.79 Å². The molecular weight excluding hydrogens is 262 g/mol. The van der Waals surface area contributed by atoms with Crippen LogP contribution in [0.1, 0.15) is 19.4 Å². The molecule has 1 aliphatic heterocycles. The predicted molar refractivity (Wildman–Crippen MR) is 86.0 cm³/mol. The number of hydrogen-bond donors (Lipinski definition) is 1. The zero-order valence-corrected chi connectivity index (χ0v) is 13.2. The molecule has 2 rings (SSSR count). The first-order chi connectivity index (χ1) is 10.1. The van der Waals surface area contributed by atoms with Gasteiger partial charge in [0.15, 0.2) is 0 Å². The van der Waals surface area contributed by atoms with Gasteiger partial charge < -0.3 is 10.6 Å². The lowest BCUT2D eigenvalue weighted by Crippen LogP contribution is -2.52. The van der Waals surface area contributed by atoms with Gasteiger partial charge in [-0.1, -0.05) is 37.3 Å². The number of nitrogens with two attached hydrogens (primary N) is 1. The molecule has 4 heteroatoms. The molecule has 21 heavy (non-hydrogen) atoms. The number of carbonyl (C=O) groups is 1. The van der Waals surface area contributed by atoms with E-state index in [1.807, 2.05) is 24.8 Å². The van der Waals surface area contributed by atoms with Gasteiger partial charge in [-0.15, -0.1) is 0 Å². The number of nitrogens with zero attached hydrogens (tertiary/aromatic N) is 2. The van der Waals surface area contributed by atoms with E-state index in [1.165, 1.54) is 5.56 Å². The second kappa shape index (κ2) is 7.57. The molecule has 2 atom stereocenters. The molecule has 1 amide bonds. The number of piperazine rings is 1. The molecule has 1 aliphatic rings. The van der Waals surface area contributed by atoms with Crippen LogP contribution in [-0.4, -0.2) is 54.5 Å². The molecule has 0 aliphatic carbocycles. The molecule has 0 aromatic heterocycles. The fourth-order valence-electron chi connectivity index (χ4n) is 2.64. The van der Waals surface area contributed by atoms with Crippen molar-refractivity contribution in [1.29, 1.82) is 0 Å². The lowest BCUT2D eigenvalue weighted by atomic mass is 10.0. The Morgan fingerprint density at radius 3 is 2.33 bits per heavy atom. The van der Waals surface area contributed by atoms with Gasteiger partial charge in [-0.3, -0.25) is 9.69 Å². The zero-order valence-electron chi connectivity index (χ0n) is 13.2. The summed E-state index contributed by atoms with van der Waals surface area (Å²) in [7, 11) is 0. The van der Waals surface area contributed by atoms with Gasteiger partial charge in [0.2, 0.25) is 5.91 Å². The molecule has 1 aromatic carbocycles. The SMILES string of the molecule is CC(N)C(C)C(=O)N1CCN(CCc2ccccc2)CC1. The topological polar surface area (TPSA) is 49.6 Å². The zero-order chi connectivity index (χ0) is 15.2. The van der Waals surface area contributed by atoms with E-state index in [1.54, 1.807) is 0 Å². The van der Waals surface area contributed by atoms with Gasteiger partial charge in [0, 0.05) is 38.8 Å². The highest BCUT2D eigenvalue weighted by Gasteiger charge is 2.26. The van der Waals surface area contributed by atoms with E-state index in [2.05, 4.69) is 29.2 Å². The third kappa shape index (κ3) is 4.55. The summed E-state index contributed by atoms with van der Waals surface area (Å²) in [6, 6.07) is 10.5. The van der Waals surface area contributed by atoms with Crippen molar-refractivity contribution in [1.82, 2.24) is 9.80 Å². The first kappa shape index (κ1) is 16.0. The van der Waals surface area contributed by atoms with Gasteiger partial charge in [-0.2, -0.15) is 0 Å². The van der Waals surface area contributed by atoms with E-state index in [0.29, 0.717) is 0 Å². The summed E-state index contributed by atoms with van der Waals surface area (Å²) in [6.45, 7) is 8.46. The molecule has 1 aromatic rings. The van der Waals surface area contributed by atoms with Crippen molar-refractivity contribution in [2.75, 3.05) is 32.7 Å². The van der Waals surface area contributed by atoms with Crippen LogP contribution in [0.15, 0.2) is 30.3 Å². The Bertz CT molecular complexity index is 439. The van der Waals surface area contributed by atoms with E-state index in [-0.39, 0.29) is 17.9 Å². The second-order valence-electron chi connectivity index (χ2n) is 6.05. The summed E-state index contributed by atoms with van der Waals surface area (Å²) in [5, 5.41) is 0. The summed E-state index contributed by atoms with van der Waals surface area (Å²) in [6.07, 6.45) is 1.07. The van der Waals surface area contributed by atoms with Crippen LogP contribution in [0, 0.1) is 5.92 Å². The molecule has 2 N–H and O–H groups in total. The molecule has 116 valence electrons. The average Bonchev–Trinajstić information content (AvgIpc) is 2.53. The number of carbonyl (C=O) groups excluding carboxylic acids is 1. The molecule has 1 heterocycles. The highest BCUT2D eigenvalue weighted by Crippen LogP contribution is 2.10. The van der Waals surface area contributed by atoms with Crippen LogP contribution < -0.4 is 5.73 Å². The van der Waals surface area contributed by atoms with Gasteiger partial charge in [-0.05, 0) is 18.9 Å². The molecule has 1 fully saturated rings. The highest BCUT2D eigenvalue weighted by atomic mass is 16.2. The molecule has 1 saturated heterocycles. The first-order valence-electron chi connectivity index (χ1n) is 7.88. The predicted octanol–water partition coefficient (Wildman–Crippen LogP) is 1.36. The Kier molecular flexibility index (Phi) is 5.76. The lowest BCUT2D eigenvalue weighted by molar-refractivity contribution is -0.137.